The second kappa shape index (κ2) is 4.85. The predicted octanol–water partition coefficient (Wildman–Crippen LogP) is 1.81. The molecule has 0 atom stereocenters. The molecule has 1 aromatic rings. The van der Waals surface area contributed by atoms with Crippen LogP contribution in [0.4, 0.5) is 4.39 Å². The lowest BCUT2D eigenvalue weighted by molar-refractivity contribution is 0.248. The van der Waals surface area contributed by atoms with Gasteiger partial charge in [-0.05, 0) is 50.8 Å². The van der Waals surface area contributed by atoms with Gasteiger partial charge < -0.3 is 5.73 Å². The first-order valence-electron chi connectivity index (χ1n) is 6.30. The summed E-state index contributed by atoms with van der Waals surface area (Å²) in [6, 6.07) is 2.72. The van der Waals surface area contributed by atoms with Crippen molar-refractivity contribution in [2.24, 2.45) is 5.73 Å². The van der Waals surface area contributed by atoms with E-state index < -0.39 is 21.4 Å². The number of halogens is 1. The lowest BCUT2D eigenvalue weighted by atomic mass is 9.80. The number of nitrogens with one attached hydrogen (secondary N) is 1. The van der Waals surface area contributed by atoms with Gasteiger partial charge in [0.25, 0.3) is 0 Å². The molecule has 4 nitrogen and oxygen atoms in total. The predicted molar refractivity (Wildman–Crippen MR) is 71.6 cm³/mol. The van der Waals surface area contributed by atoms with Crippen LogP contribution in [0.15, 0.2) is 17.0 Å². The fourth-order valence-electron chi connectivity index (χ4n) is 2.29. The Balaban J connectivity index is 2.42. The molecule has 0 amide bonds. The first-order valence-corrected chi connectivity index (χ1v) is 7.79. The first-order chi connectivity index (χ1) is 8.77. The highest BCUT2D eigenvalue weighted by molar-refractivity contribution is 7.89. The monoisotopic (exact) mass is 286 g/mol. The number of rotatable bonds is 4. The van der Waals surface area contributed by atoms with E-state index in [0.717, 1.165) is 19.3 Å². The summed E-state index contributed by atoms with van der Waals surface area (Å²) in [7, 11) is -3.71. The van der Waals surface area contributed by atoms with E-state index >= 15 is 0 Å². The molecule has 0 unspecified atom stereocenters. The topological polar surface area (TPSA) is 72.2 Å². The Morgan fingerprint density at radius 1 is 1.42 bits per heavy atom. The smallest absolute Gasteiger partial charge is 0.241 e. The molecule has 3 N–H and O–H groups in total. The van der Waals surface area contributed by atoms with Crippen molar-refractivity contribution in [1.29, 1.82) is 0 Å². The van der Waals surface area contributed by atoms with Crippen LogP contribution in [0.1, 0.15) is 37.3 Å². The van der Waals surface area contributed by atoms with Gasteiger partial charge in [-0.15, -0.1) is 0 Å². The van der Waals surface area contributed by atoms with Gasteiger partial charge in [0.05, 0.1) is 4.90 Å². The molecule has 0 bridgehead atoms. The Kier molecular flexibility index (Phi) is 3.68. The van der Waals surface area contributed by atoms with Crippen molar-refractivity contribution >= 4 is 10.0 Å². The molecule has 6 heteroatoms. The molecule has 1 fully saturated rings. The highest BCUT2D eigenvalue weighted by Crippen LogP contribution is 2.33. The normalized spacial score (nSPS) is 18.1. The van der Waals surface area contributed by atoms with Crippen LogP contribution in [-0.4, -0.2) is 14.0 Å². The van der Waals surface area contributed by atoms with Crippen LogP contribution in [0, 0.1) is 12.7 Å². The van der Waals surface area contributed by atoms with Crippen molar-refractivity contribution < 1.29 is 12.8 Å². The molecule has 1 aliphatic carbocycles. The number of hydrogen-bond acceptors (Lipinski definition) is 3. The minimum atomic E-state index is -3.71. The van der Waals surface area contributed by atoms with Crippen molar-refractivity contribution in [2.45, 2.75) is 50.1 Å². The molecule has 106 valence electrons. The van der Waals surface area contributed by atoms with Gasteiger partial charge in [-0.2, -0.15) is 0 Å². The second-order valence-corrected chi connectivity index (χ2v) is 7.08. The summed E-state index contributed by atoms with van der Waals surface area (Å²) < 4.78 is 41.1. The van der Waals surface area contributed by atoms with Crippen molar-refractivity contribution in [3.8, 4) is 0 Å². The second-order valence-electron chi connectivity index (χ2n) is 5.42. The quantitative estimate of drug-likeness (QED) is 0.886. The minimum Gasteiger partial charge on any atom is -0.326 e. The molecule has 0 aromatic heterocycles. The summed E-state index contributed by atoms with van der Waals surface area (Å²) in [6.45, 7) is 3.44. The van der Waals surface area contributed by atoms with Gasteiger partial charge in [0.2, 0.25) is 10.0 Å². The van der Waals surface area contributed by atoms with Crippen LogP contribution in [0.3, 0.4) is 0 Å². The maximum absolute atomic E-state index is 13.7. The summed E-state index contributed by atoms with van der Waals surface area (Å²) in [4.78, 5) is -0.0129. The van der Waals surface area contributed by atoms with Gasteiger partial charge in [0.1, 0.15) is 5.82 Å². The van der Waals surface area contributed by atoms with E-state index in [1.165, 1.54) is 19.1 Å². The third-order valence-electron chi connectivity index (χ3n) is 3.72. The Bertz CT molecular complexity index is 595. The highest BCUT2D eigenvalue weighted by atomic mass is 32.2. The fourth-order valence-corrected chi connectivity index (χ4v) is 4.06. The van der Waals surface area contributed by atoms with Gasteiger partial charge in [-0.3, -0.25) is 0 Å². The summed E-state index contributed by atoms with van der Waals surface area (Å²) in [6.07, 6.45) is 2.63. The van der Waals surface area contributed by atoms with Gasteiger partial charge in [-0.1, -0.05) is 0 Å². The van der Waals surface area contributed by atoms with Crippen LogP contribution in [0.5, 0.6) is 0 Å². The molecule has 2 rings (SSSR count). The molecule has 0 radical (unpaired) electrons. The maximum atomic E-state index is 13.7. The van der Waals surface area contributed by atoms with Gasteiger partial charge in [-0.25, -0.2) is 17.5 Å². The van der Waals surface area contributed by atoms with E-state index in [2.05, 4.69) is 4.72 Å². The minimum absolute atomic E-state index is 0.0129. The Labute approximate surface area is 113 Å². The number of hydrogen-bond donors (Lipinski definition) is 2. The van der Waals surface area contributed by atoms with Crippen LogP contribution in [0.2, 0.25) is 0 Å². The fraction of sp³-hybridized carbons (Fsp3) is 0.538. The Morgan fingerprint density at radius 3 is 2.53 bits per heavy atom. The van der Waals surface area contributed by atoms with E-state index in [1.54, 1.807) is 0 Å². The molecule has 19 heavy (non-hydrogen) atoms. The van der Waals surface area contributed by atoms with Crippen molar-refractivity contribution in [3.63, 3.8) is 0 Å². The lowest BCUT2D eigenvalue weighted by Gasteiger charge is -2.38. The van der Waals surface area contributed by atoms with E-state index in [1.807, 2.05) is 6.92 Å². The van der Waals surface area contributed by atoms with E-state index in [-0.39, 0.29) is 17.0 Å². The Hall–Kier alpha value is -0.980. The van der Waals surface area contributed by atoms with Crippen LogP contribution in [0.25, 0.3) is 0 Å². The zero-order valence-corrected chi connectivity index (χ0v) is 12.0. The van der Waals surface area contributed by atoms with Crippen molar-refractivity contribution in [3.05, 3.63) is 29.1 Å². The van der Waals surface area contributed by atoms with Crippen molar-refractivity contribution in [1.82, 2.24) is 4.72 Å². The average molecular weight is 286 g/mol. The highest BCUT2D eigenvalue weighted by Gasteiger charge is 2.36. The SMILES string of the molecule is Cc1c(F)cc(CN)cc1S(=O)(=O)NC1(C)CCC1. The standard InChI is InChI=1S/C13H19FN2O2S/c1-9-11(14)6-10(8-15)7-12(9)19(17,18)16-13(2)4-3-5-13/h6-7,16H,3-5,8,15H2,1-2H3. The van der Waals surface area contributed by atoms with E-state index in [4.69, 9.17) is 5.73 Å². The van der Waals surface area contributed by atoms with Crippen LogP contribution < -0.4 is 10.5 Å². The molecule has 0 heterocycles. The van der Waals surface area contributed by atoms with Gasteiger partial charge in [0.15, 0.2) is 0 Å². The number of nitrogens with two attached hydrogens (primary N) is 1. The van der Waals surface area contributed by atoms with Gasteiger partial charge >= 0.3 is 0 Å². The summed E-state index contributed by atoms with van der Waals surface area (Å²) in [5, 5.41) is 0. The van der Waals surface area contributed by atoms with E-state index in [9.17, 15) is 12.8 Å². The summed E-state index contributed by atoms with van der Waals surface area (Å²) in [5.74, 6) is -0.540. The van der Waals surface area contributed by atoms with E-state index in [0.29, 0.717) is 5.56 Å². The zero-order chi connectivity index (χ0) is 14.3. The molecule has 0 saturated heterocycles. The molecule has 0 aliphatic heterocycles. The molecular formula is C13H19FN2O2S. The average Bonchev–Trinajstić information content (AvgIpc) is 2.29. The van der Waals surface area contributed by atoms with Crippen molar-refractivity contribution in [2.75, 3.05) is 0 Å². The van der Waals surface area contributed by atoms with Crippen LogP contribution in [-0.2, 0) is 16.6 Å². The molecule has 1 aliphatic rings. The third-order valence-corrected chi connectivity index (χ3v) is 5.48. The molecular weight excluding hydrogens is 267 g/mol. The largest absolute Gasteiger partial charge is 0.326 e. The third kappa shape index (κ3) is 2.80. The molecule has 1 aromatic carbocycles. The summed E-state index contributed by atoms with van der Waals surface area (Å²) >= 11 is 0. The number of sulfonamides is 1. The first kappa shape index (κ1) is 14.4. The summed E-state index contributed by atoms with van der Waals surface area (Å²) in [5.41, 5.74) is 5.67. The molecule has 0 spiro atoms. The lowest BCUT2D eigenvalue weighted by Crippen LogP contribution is -2.50. The van der Waals surface area contributed by atoms with Gasteiger partial charge in [0, 0.05) is 17.6 Å². The number of benzene rings is 1. The maximum Gasteiger partial charge on any atom is 0.241 e. The Morgan fingerprint density at radius 2 is 2.05 bits per heavy atom. The molecule has 1 saturated carbocycles. The zero-order valence-electron chi connectivity index (χ0n) is 11.2. The van der Waals surface area contributed by atoms with Crippen LogP contribution >= 0.6 is 0 Å².